The van der Waals surface area contributed by atoms with E-state index in [1.165, 1.54) is 6.07 Å². The third-order valence-electron chi connectivity index (χ3n) is 3.94. The summed E-state index contributed by atoms with van der Waals surface area (Å²) >= 11 is 5.94. The van der Waals surface area contributed by atoms with Crippen molar-refractivity contribution in [2.75, 3.05) is 29.9 Å². The Hall–Kier alpha value is -2.00. The van der Waals surface area contributed by atoms with Crippen molar-refractivity contribution < 1.29 is 27.9 Å². The molecule has 0 bridgehead atoms. The summed E-state index contributed by atoms with van der Waals surface area (Å²) in [7, 11) is 0. The SMILES string of the molecule is O=C(NC[C@@H](O)C(F)(F)F)C(=O)Nc1cc(Cl)ccc1N1CCCCC1. The van der Waals surface area contributed by atoms with Gasteiger partial charge in [0, 0.05) is 18.1 Å². The van der Waals surface area contributed by atoms with Crippen molar-refractivity contribution in [3.63, 3.8) is 0 Å². The fourth-order valence-electron chi connectivity index (χ4n) is 2.58. The summed E-state index contributed by atoms with van der Waals surface area (Å²) in [5, 5.41) is 13.3. The summed E-state index contributed by atoms with van der Waals surface area (Å²) in [6.45, 7) is 0.466. The molecule has 0 aromatic heterocycles. The van der Waals surface area contributed by atoms with Gasteiger partial charge in [-0.05, 0) is 37.5 Å². The van der Waals surface area contributed by atoms with Gasteiger partial charge in [-0.25, -0.2) is 0 Å². The molecule has 1 heterocycles. The molecule has 1 aliphatic heterocycles. The fourth-order valence-corrected chi connectivity index (χ4v) is 2.76. The Labute approximate surface area is 153 Å². The van der Waals surface area contributed by atoms with Crippen molar-refractivity contribution in [1.82, 2.24) is 5.32 Å². The molecular formula is C16H19ClF3N3O3. The first-order chi connectivity index (χ1) is 12.2. The first-order valence-corrected chi connectivity index (χ1v) is 8.44. The number of anilines is 2. The summed E-state index contributed by atoms with van der Waals surface area (Å²) in [6, 6.07) is 4.84. The molecule has 3 N–H and O–H groups in total. The molecule has 1 atom stereocenters. The molecule has 1 fully saturated rings. The summed E-state index contributed by atoms with van der Waals surface area (Å²) in [4.78, 5) is 25.7. The van der Waals surface area contributed by atoms with E-state index in [0.29, 0.717) is 16.4 Å². The smallest absolute Gasteiger partial charge is 0.382 e. The van der Waals surface area contributed by atoms with E-state index in [2.05, 4.69) is 5.32 Å². The second kappa shape index (κ2) is 8.59. The largest absolute Gasteiger partial charge is 0.416 e. The number of carbonyl (C=O) groups is 2. The number of nitrogens with zero attached hydrogens (tertiary/aromatic N) is 1. The predicted octanol–water partition coefficient (Wildman–Crippen LogP) is 2.31. The van der Waals surface area contributed by atoms with E-state index in [4.69, 9.17) is 16.7 Å². The molecular weight excluding hydrogens is 375 g/mol. The minimum atomic E-state index is -4.88. The van der Waals surface area contributed by atoms with E-state index in [1.54, 1.807) is 17.4 Å². The standard InChI is InChI=1S/C16H19ClF3N3O3/c17-10-4-5-12(23-6-2-1-3-7-23)11(8-10)22-15(26)14(25)21-9-13(24)16(18,19)20/h4-5,8,13,24H,1-3,6-7,9H2,(H,21,25)(H,22,26)/t13-/m1/s1. The zero-order chi connectivity index (χ0) is 19.3. The lowest BCUT2D eigenvalue weighted by Gasteiger charge is -2.30. The number of hydrogen-bond donors (Lipinski definition) is 3. The molecule has 6 nitrogen and oxygen atoms in total. The van der Waals surface area contributed by atoms with Crippen LogP contribution in [0.5, 0.6) is 0 Å². The van der Waals surface area contributed by atoms with Crippen molar-refractivity contribution in [3.8, 4) is 0 Å². The normalized spacial score (nSPS) is 16.1. The Morgan fingerprint density at radius 3 is 2.46 bits per heavy atom. The van der Waals surface area contributed by atoms with Gasteiger partial charge in [-0.3, -0.25) is 9.59 Å². The highest BCUT2D eigenvalue weighted by Gasteiger charge is 2.38. The van der Waals surface area contributed by atoms with E-state index < -0.39 is 30.6 Å². The highest BCUT2D eigenvalue weighted by Crippen LogP contribution is 2.31. The molecule has 0 unspecified atom stereocenters. The number of benzene rings is 1. The Balaban J connectivity index is 2.03. The molecule has 0 saturated carbocycles. The molecule has 10 heteroatoms. The lowest BCUT2D eigenvalue weighted by Crippen LogP contribution is -2.44. The minimum Gasteiger partial charge on any atom is -0.382 e. The van der Waals surface area contributed by atoms with Crippen LogP contribution in [0.2, 0.25) is 5.02 Å². The average Bonchev–Trinajstić information content (AvgIpc) is 2.59. The summed E-state index contributed by atoms with van der Waals surface area (Å²) in [5.41, 5.74) is 0.987. The topological polar surface area (TPSA) is 81.7 Å². The van der Waals surface area contributed by atoms with Crippen LogP contribution < -0.4 is 15.5 Å². The van der Waals surface area contributed by atoms with Crippen LogP contribution in [0.4, 0.5) is 24.5 Å². The van der Waals surface area contributed by atoms with E-state index in [1.807, 2.05) is 4.90 Å². The highest BCUT2D eigenvalue weighted by molar-refractivity contribution is 6.40. The highest BCUT2D eigenvalue weighted by atomic mass is 35.5. The Kier molecular flexibility index (Phi) is 6.71. The number of aliphatic hydroxyl groups is 1. The van der Waals surface area contributed by atoms with E-state index in [9.17, 15) is 22.8 Å². The summed E-state index contributed by atoms with van der Waals surface area (Å²) < 4.78 is 36.7. The maximum atomic E-state index is 12.2. The lowest BCUT2D eigenvalue weighted by atomic mass is 10.1. The van der Waals surface area contributed by atoms with Crippen LogP contribution in [-0.2, 0) is 9.59 Å². The number of rotatable bonds is 4. The van der Waals surface area contributed by atoms with Gasteiger partial charge >= 0.3 is 18.0 Å². The Morgan fingerprint density at radius 1 is 1.19 bits per heavy atom. The van der Waals surface area contributed by atoms with Gasteiger partial charge in [0.05, 0.1) is 17.9 Å². The molecule has 144 valence electrons. The van der Waals surface area contributed by atoms with Crippen LogP contribution in [0.1, 0.15) is 19.3 Å². The number of hydrogen-bond acceptors (Lipinski definition) is 4. The third kappa shape index (κ3) is 5.50. The van der Waals surface area contributed by atoms with Crippen LogP contribution >= 0.6 is 11.6 Å². The van der Waals surface area contributed by atoms with Gasteiger partial charge in [-0.15, -0.1) is 0 Å². The third-order valence-corrected chi connectivity index (χ3v) is 4.18. The first kappa shape index (κ1) is 20.3. The van der Waals surface area contributed by atoms with Crippen LogP contribution in [0.3, 0.4) is 0 Å². The van der Waals surface area contributed by atoms with Gasteiger partial charge < -0.3 is 20.6 Å². The van der Waals surface area contributed by atoms with Gasteiger partial charge in [0.15, 0.2) is 6.10 Å². The molecule has 2 amide bonds. The maximum absolute atomic E-state index is 12.2. The lowest BCUT2D eigenvalue weighted by molar-refractivity contribution is -0.201. The quantitative estimate of drug-likeness (QED) is 0.686. The molecule has 1 saturated heterocycles. The number of halogens is 4. The number of alkyl halides is 3. The van der Waals surface area contributed by atoms with E-state index in [0.717, 1.165) is 32.4 Å². The monoisotopic (exact) mass is 393 g/mol. The second-order valence-corrected chi connectivity index (χ2v) is 6.37. The van der Waals surface area contributed by atoms with Crippen molar-refractivity contribution in [2.45, 2.75) is 31.5 Å². The van der Waals surface area contributed by atoms with Crippen molar-refractivity contribution in [1.29, 1.82) is 0 Å². The Morgan fingerprint density at radius 2 is 1.85 bits per heavy atom. The van der Waals surface area contributed by atoms with Crippen molar-refractivity contribution in [2.24, 2.45) is 0 Å². The molecule has 1 aromatic rings. The van der Waals surface area contributed by atoms with E-state index in [-0.39, 0.29) is 0 Å². The number of carbonyl (C=O) groups excluding carboxylic acids is 2. The van der Waals surface area contributed by atoms with Crippen LogP contribution in [0.15, 0.2) is 18.2 Å². The Bertz CT molecular complexity index is 664. The molecule has 0 aliphatic carbocycles. The van der Waals surface area contributed by atoms with Crippen LogP contribution in [0.25, 0.3) is 0 Å². The van der Waals surface area contributed by atoms with Gasteiger partial charge in [0.2, 0.25) is 0 Å². The van der Waals surface area contributed by atoms with Gasteiger partial charge in [0.1, 0.15) is 0 Å². The molecule has 2 rings (SSSR count). The summed E-state index contributed by atoms with van der Waals surface area (Å²) in [6.07, 6.45) is -4.53. The molecule has 0 spiro atoms. The van der Waals surface area contributed by atoms with Gasteiger partial charge in [-0.1, -0.05) is 11.6 Å². The maximum Gasteiger partial charge on any atom is 0.416 e. The van der Waals surface area contributed by atoms with Gasteiger partial charge in [-0.2, -0.15) is 13.2 Å². The fraction of sp³-hybridized carbons (Fsp3) is 0.500. The molecule has 1 aliphatic rings. The predicted molar refractivity (Wildman–Crippen MR) is 91.2 cm³/mol. The average molecular weight is 394 g/mol. The zero-order valence-corrected chi connectivity index (χ0v) is 14.5. The van der Waals surface area contributed by atoms with Gasteiger partial charge in [0.25, 0.3) is 0 Å². The van der Waals surface area contributed by atoms with Crippen molar-refractivity contribution >= 4 is 34.8 Å². The zero-order valence-electron chi connectivity index (χ0n) is 13.8. The second-order valence-electron chi connectivity index (χ2n) is 5.93. The number of piperidine rings is 1. The van der Waals surface area contributed by atoms with Crippen LogP contribution in [0, 0.1) is 0 Å². The number of aliphatic hydroxyl groups excluding tert-OH is 1. The molecule has 26 heavy (non-hydrogen) atoms. The molecule has 1 aromatic carbocycles. The first-order valence-electron chi connectivity index (χ1n) is 8.07. The summed E-state index contributed by atoms with van der Waals surface area (Å²) in [5.74, 6) is -2.42. The van der Waals surface area contributed by atoms with Crippen molar-refractivity contribution in [3.05, 3.63) is 23.2 Å². The number of nitrogens with one attached hydrogen (secondary N) is 2. The number of amides is 2. The van der Waals surface area contributed by atoms with E-state index >= 15 is 0 Å². The molecule has 0 radical (unpaired) electrons. The van der Waals surface area contributed by atoms with Crippen LogP contribution in [-0.4, -0.2) is 48.8 Å². The minimum absolute atomic E-state index is 0.302.